The Balaban J connectivity index is 1.36. The van der Waals surface area contributed by atoms with Gasteiger partial charge in [-0.15, -0.1) is 15.3 Å². The van der Waals surface area contributed by atoms with E-state index in [0.29, 0.717) is 41.2 Å². The highest BCUT2D eigenvalue weighted by molar-refractivity contribution is 6.76. The first-order valence-electron chi connectivity index (χ1n) is 11.2. The maximum atomic E-state index is 6.10. The number of nitrogens with zero attached hydrogens (tertiary/aromatic N) is 6. The molecular formula is C23H27N7O3Si. The highest BCUT2D eigenvalue weighted by Crippen LogP contribution is 2.29. The Labute approximate surface area is 197 Å². The van der Waals surface area contributed by atoms with E-state index < -0.39 is 8.07 Å². The van der Waals surface area contributed by atoms with Crippen LogP contribution in [0.3, 0.4) is 0 Å². The molecule has 0 aliphatic heterocycles. The molecule has 34 heavy (non-hydrogen) atoms. The third-order valence-electron chi connectivity index (χ3n) is 5.37. The second-order valence-corrected chi connectivity index (χ2v) is 15.1. The number of rotatable bonds is 9. The Morgan fingerprint density at radius 3 is 2.68 bits per heavy atom. The lowest BCUT2D eigenvalue weighted by molar-refractivity contribution is 0.130. The van der Waals surface area contributed by atoms with Gasteiger partial charge >= 0.3 is 0 Å². The number of ether oxygens (including phenoxy) is 2. The molecule has 4 heterocycles. The third-order valence-corrected chi connectivity index (χ3v) is 7.07. The van der Waals surface area contributed by atoms with Crippen molar-refractivity contribution in [2.24, 2.45) is 0 Å². The van der Waals surface area contributed by atoms with Gasteiger partial charge in [0.2, 0.25) is 11.7 Å². The zero-order chi connectivity index (χ0) is 23.7. The van der Waals surface area contributed by atoms with Gasteiger partial charge in [0.15, 0.2) is 11.3 Å². The summed E-state index contributed by atoms with van der Waals surface area (Å²) in [5, 5.41) is 19.1. The summed E-state index contributed by atoms with van der Waals surface area (Å²) in [6, 6.07) is 10.7. The second kappa shape index (κ2) is 8.99. The molecule has 0 radical (unpaired) electrons. The third kappa shape index (κ3) is 4.70. The molecule has 11 heteroatoms. The Morgan fingerprint density at radius 1 is 1.09 bits per heavy atom. The van der Waals surface area contributed by atoms with E-state index in [1.807, 2.05) is 31.2 Å². The molecule has 0 saturated carbocycles. The number of imidazole rings is 1. The van der Waals surface area contributed by atoms with Gasteiger partial charge in [0.05, 0.1) is 18.5 Å². The molecule has 10 nitrogen and oxygen atoms in total. The van der Waals surface area contributed by atoms with Gasteiger partial charge < -0.3 is 19.0 Å². The van der Waals surface area contributed by atoms with Crippen molar-refractivity contribution in [1.82, 2.24) is 34.9 Å². The van der Waals surface area contributed by atoms with Crippen molar-refractivity contribution in [3.05, 3.63) is 53.8 Å². The van der Waals surface area contributed by atoms with Gasteiger partial charge in [-0.25, -0.2) is 4.98 Å². The Kier molecular flexibility index (Phi) is 5.88. The van der Waals surface area contributed by atoms with Crippen molar-refractivity contribution in [3.63, 3.8) is 0 Å². The van der Waals surface area contributed by atoms with Crippen LogP contribution >= 0.6 is 0 Å². The fourth-order valence-corrected chi connectivity index (χ4v) is 4.30. The first-order valence-corrected chi connectivity index (χ1v) is 14.9. The number of H-pyrrole nitrogens is 1. The van der Waals surface area contributed by atoms with Gasteiger partial charge in [-0.1, -0.05) is 43.0 Å². The molecule has 176 valence electrons. The van der Waals surface area contributed by atoms with Crippen LogP contribution in [0.5, 0.6) is 5.88 Å². The van der Waals surface area contributed by atoms with Crippen LogP contribution in [0, 0.1) is 6.92 Å². The number of benzene rings is 1. The van der Waals surface area contributed by atoms with Crippen LogP contribution in [0.2, 0.25) is 25.7 Å². The van der Waals surface area contributed by atoms with Crippen LogP contribution in [0.4, 0.5) is 0 Å². The van der Waals surface area contributed by atoms with Crippen molar-refractivity contribution in [2.75, 3.05) is 6.61 Å². The van der Waals surface area contributed by atoms with E-state index in [1.54, 1.807) is 16.8 Å². The minimum absolute atomic E-state index is 0.234. The summed E-state index contributed by atoms with van der Waals surface area (Å²) in [7, 11) is -1.10. The summed E-state index contributed by atoms with van der Waals surface area (Å²) >= 11 is 0. The molecule has 5 aromatic rings. The first kappa shape index (κ1) is 22.2. The summed E-state index contributed by atoms with van der Waals surface area (Å²) in [5.41, 5.74) is 2.10. The molecule has 0 atom stereocenters. The molecule has 5 rings (SSSR count). The number of aromatic amines is 1. The van der Waals surface area contributed by atoms with Gasteiger partial charge in [-0.3, -0.25) is 0 Å². The van der Waals surface area contributed by atoms with Gasteiger partial charge in [-0.05, 0) is 19.0 Å². The van der Waals surface area contributed by atoms with Crippen LogP contribution in [-0.4, -0.2) is 49.6 Å². The molecule has 0 spiro atoms. The lowest BCUT2D eigenvalue weighted by Crippen LogP contribution is -2.21. The average molecular weight is 478 g/mol. The predicted molar refractivity (Wildman–Crippen MR) is 129 cm³/mol. The number of hydrogen-bond acceptors (Lipinski definition) is 8. The van der Waals surface area contributed by atoms with Crippen molar-refractivity contribution in [3.8, 4) is 17.4 Å². The zero-order valence-corrected chi connectivity index (χ0v) is 20.7. The van der Waals surface area contributed by atoms with Crippen LogP contribution < -0.4 is 4.74 Å². The summed E-state index contributed by atoms with van der Waals surface area (Å²) in [5.74, 6) is 2.32. The molecule has 0 saturated heterocycles. The largest absolute Gasteiger partial charge is 0.468 e. The average Bonchev–Trinajstić information content (AvgIpc) is 3.54. The topological polar surface area (TPSA) is 116 Å². The quantitative estimate of drug-likeness (QED) is 0.245. The molecule has 0 bridgehead atoms. The number of aryl methyl sites for hydroxylation is 1. The van der Waals surface area contributed by atoms with Crippen LogP contribution in [-0.2, 0) is 18.0 Å². The number of nitrogens with one attached hydrogen (secondary N) is 1. The Hall–Kier alpha value is -3.57. The summed E-state index contributed by atoms with van der Waals surface area (Å²) in [6.45, 7) is 10.4. The van der Waals surface area contributed by atoms with E-state index in [9.17, 15) is 0 Å². The Morgan fingerprint density at radius 2 is 1.91 bits per heavy atom. The Bertz CT molecular complexity index is 1430. The SMILES string of the molecule is Cc1cc(-c2nnc3c4ccccc4c(OCc4ncc(COCC[Si](C)(C)C)[nH]4)nn23)no1. The van der Waals surface area contributed by atoms with E-state index >= 15 is 0 Å². The first-order chi connectivity index (χ1) is 16.4. The molecule has 0 unspecified atom stereocenters. The fourth-order valence-electron chi connectivity index (χ4n) is 3.54. The molecule has 4 aromatic heterocycles. The summed E-state index contributed by atoms with van der Waals surface area (Å²) in [6.07, 6.45) is 1.78. The van der Waals surface area contributed by atoms with E-state index in [4.69, 9.17) is 14.0 Å². The highest BCUT2D eigenvalue weighted by Gasteiger charge is 2.18. The van der Waals surface area contributed by atoms with Gasteiger partial charge in [-0.2, -0.15) is 4.52 Å². The monoisotopic (exact) mass is 477 g/mol. The smallest absolute Gasteiger partial charge is 0.240 e. The van der Waals surface area contributed by atoms with E-state index in [-0.39, 0.29) is 6.61 Å². The summed E-state index contributed by atoms with van der Waals surface area (Å²) < 4.78 is 18.7. The minimum atomic E-state index is -1.10. The van der Waals surface area contributed by atoms with Crippen molar-refractivity contribution in [2.45, 2.75) is 45.8 Å². The van der Waals surface area contributed by atoms with Gasteiger partial charge in [0, 0.05) is 31.5 Å². The molecule has 0 fully saturated rings. The maximum absolute atomic E-state index is 6.10. The molecule has 0 aliphatic rings. The van der Waals surface area contributed by atoms with Crippen LogP contribution in [0.1, 0.15) is 17.3 Å². The van der Waals surface area contributed by atoms with Crippen molar-refractivity contribution >= 4 is 24.5 Å². The van der Waals surface area contributed by atoms with Crippen LogP contribution in [0.15, 0.2) is 41.1 Å². The molecule has 0 aliphatic carbocycles. The normalized spacial score (nSPS) is 12.1. The van der Waals surface area contributed by atoms with Gasteiger partial charge in [0.1, 0.15) is 18.2 Å². The number of fused-ring (bicyclic) bond motifs is 3. The van der Waals surface area contributed by atoms with Crippen molar-refractivity contribution < 1.29 is 14.0 Å². The lowest BCUT2D eigenvalue weighted by Gasteiger charge is -2.14. The van der Waals surface area contributed by atoms with E-state index in [1.165, 1.54) is 0 Å². The molecular weight excluding hydrogens is 450 g/mol. The summed E-state index contributed by atoms with van der Waals surface area (Å²) in [4.78, 5) is 7.70. The molecule has 1 aromatic carbocycles. The predicted octanol–water partition coefficient (Wildman–Crippen LogP) is 4.40. The maximum Gasteiger partial charge on any atom is 0.240 e. The number of aromatic nitrogens is 7. The van der Waals surface area contributed by atoms with Crippen LogP contribution in [0.25, 0.3) is 27.9 Å². The number of hydrogen-bond donors (Lipinski definition) is 1. The second-order valence-electron chi connectivity index (χ2n) is 9.44. The van der Waals surface area contributed by atoms with Crippen molar-refractivity contribution in [1.29, 1.82) is 0 Å². The molecule has 0 amide bonds. The minimum Gasteiger partial charge on any atom is -0.468 e. The zero-order valence-electron chi connectivity index (χ0n) is 19.7. The van der Waals surface area contributed by atoms with E-state index in [2.05, 4.69) is 50.1 Å². The fraction of sp³-hybridized carbons (Fsp3) is 0.348. The highest BCUT2D eigenvalue weighted by atomic mass is 28.3. The standard InChI is InChI=1S/C23H27N7O3Si/c1-15-11-19(29-33-15)22-27-26-21-17-7-5-6-8-18(17)23(28-30(21)22)32-14-20-24-12-16(25-20)13-31-9-10-34(2,3)4/h5-8,11-12H,9-10,13-14H2,1-4H3,(H,24,25). The molecule has 1 N–H and O–H groups in total. The van der Waals surface area contributed by atoms with E-state index in [0.717, 1.165) is 29.1 Å². The lowest BCUT2D eigenvalue weighted by atomic mass is 10.2. The van der Waals surface area contributed by atoms with Gasteiger partial charge in [0.25, 0.3) is 0 Å².